The van der Waals surface area contributed by atoms with Crippen molar-refractivity contribution in [3.05, 3.63) is 35.6 Å². The molecule has 0 heterocycles. The maximum Gasteiger partial charge on any atom is 0.323 e. The van der Waals surface area contributed by atoms with Gasteiger partial charge in [0, 0.05) is 7.05 Å². The smallest absolute Gasteiger partial charge is 0.323 e. The number of likely N-dealkylation sites (N-methyl/N-ethyl adjacent to an activating group) is 1. The van der Waals surface area contributed by atoms with E-state index in [2.05, 4.69) is 0 Å². The predicted octanol–water partition coefficient (Wildman–Crippen LogP) is 1.69. The Kier molecular flexibility index (Phi) is 3.55. The number of amides is 1. The number of aliphatic carboxylic acids is 1. The molecule has 1 aromatic carbocycles. The normalized spacial score (nSPS) is 15.9. The van der Waals surface area contributed by atoms with Crippen LogP contribution in [0.15, 0.2) is 24.3 Å². The van der Waals surface area contributed by atoms with Crippen molar-refractivity contribution >= 4 is 11.9 Å². The molecule has 1 aliphatic carbocycles. The topological polar surface area (TPSA) is 57.6 Å². The van der Waals surface area contributed by atoms with Gasteiger partial charge < -0.3 is 10.0 Å². The van der Waals surface area contributed by atoms with Gasteiger partial charge in [0.1, 0.15) is 12.4 Å². The summed E-state index contributed by atoms with van der Waals surface area (Å²) < 4.78 is 13.6. The van der Waals surface area contributed by atoms with Crippen LogP contribution in [0, 0.1) is 11.2 Å². The molecule has 1 saturated carbocycles. The van der Waals surface area contributed by atoms with E-state index in [1.807, 2.05) is 0 Å². The number of hydrogen-bond donors (Lipinski definition) is 1. The molecule has 1 fully saturated rings. The molecule has 1 N–H and O–H groups in total. The minimum Gasteiger partial charge on any atom is -0.480 e. The van der Waals surface area contributed by atoms with E-state index in [-0.39, 0.29) is 18.3 Å². The Bertz CT molecular complexity index is 511. The van der Waals surface area contributed by atoms with E-state index in [1.165, 1.54) is 18.0 Å². The molecule has 1 amide bonds. The molecule has 102 valence electrons. The maximum absolute atomic E-state index is 13.6. The fourth-order valence-corrected chi connectivity index (χ4v) is 2.30. The first kappa shape index (κ1) is 13.5. The number of carboxylic acid groups (broad SMARTS) is 1. The van der Waals surface area contributed by atoms with Crippen molar-refractivity contribution in [3.8, 4) is 0 Å². The first-order chi connectivity index (χ1) is 8.94. The third-order valence-corrected chi connectivity index (χ3v) is 3.51. The highest BCUT2D eigenvalue weighted by Gasteiger charge is 2.51. The lowest BCUT2D eigenvalue weighted by Gasteiger charge is -2.22. The van der Waals surface area contributed by atoms with E-state index < -0.39 is 11.4 Å². The number of carbonyl (C=O) groups excluding carboxylic acids is 1. The molecular formula is C14H16FNO3. The van der Waals surface area contributed by atoms with Crippen LogP contribution in [-0.2, 0) is 16.0 Å². The lowest BCUT2D eigenvalue weighted by atomic mass is 9.94. The Morgan fingerprint density at radius 3 is 2.53 bits per heavy atom. The molecule has 0 bridgehead atoms. The Labute approximate surface area is 110 Å². The summed E-state index contributed by atoms with van der Waals surface area (Å²) in [6, 6.07) is 6.38. The van der Waals surface area contributed by atoms with Crippen LogP contribution < -0.4 is 0 Å². The molecular weight excluding hydrogens is 249 g/mol. The van der Waals surface area contributed by atoms with E-state index in [0.29, 0.717) is 24.8 Å². The molecule has 0 aromatic heterocycles. The second-order valence-electron chi connectivity index (χ2n) is 5.10. The van der Waals surface area contributed by atoms with Gasteiger partial charge in [0.25, 0.3) is 0 Å². The molecule has 2 rings (SSSR count). The van der Waals surface area contributed by atoms with Gasteiger partial charge in [0.05, 0.1) is 5.41 Å². The van der Waals surface area contributed by atoms with Crippen molar-refractivity contribution in [1.29, 1.82) is 0 Å². The van der Waals surface area contributed by atoms with Crippen LogP contribution in [-0.4, -0.2) is 35.5 Å². The molecule has 0 unspecified atom stereocenters. The van der Waals surface area contributed by atoms with Gasteiger partial charge in [0.15, 0.2) is 0 Å². The highest BCUT2D eigenvalue weighted by atomic mass is 19.1. The third-order valence-electron chi connectivity index (χ3n) is 3.51. The van der Waals surface area contributed by atoms with Crippen molar-refractivity contribution in [2.75, 3.05) is 13.6 Å². The first-order valence-corrected chi connectivity index (χ1v) is 6.15. The SMILES string of the molecule is CN(CC(=O)O)C(=O)C1(Cc2ccccc2F)CC1. The summed E-state index contributed by atoms with van der Waals surface area (Å²) in [6.07, 6.45) is 1.71. The molecule has 4 nitrogen and oxygen atoms in total. The Morgan fingerprint density at radius 1 is 1.37 bits per heavy atom. The number of benzene rings is 1. The highest BCUT2D eigenvalue weighted by Crippen LogP contribution is 2.50. The molecule has 5 heteroatoms. The monoisotopic (exact) mass is 265 g/mol. The average Bonchev–Trinajstić information content (AvgIpc) is 3.11. The van der Waals surface area contributed by atoms with Gasteiger partial charge >= 0.3 is 5.97 Å². The summed E-state index contributed by atoms with van der Waals surface area (Å²) in [5, 5.41) is 8.70. The zero-order chi connectivity index (χ0) is 14.0. The maximum atomic E-state index is 13.6. The van der Waals surface area contributed by atoms with Gasteiger partial charge in [-0.2, -0.15) is 0 Å². The Hall–Kier alpha value is -1.91. The minimum atomic E-state index is -1.04. The van der Waals surface area contributed by atoms with Crippen molar-refractivity contribution < 1.29 is 19.1 Å². The van der Waals surface area contributed by atoms with Crippen molar-refractivity contribution in [2.45, 2.75) is 19.3 Å². The third kappa shape index (κ3) is 2.92. The van der Waals surface area contributed by atoms with Crippen LogP contribution >= 0.6 is 0 Å². The number of carbonyl (C=O) groups is 2. The highest BCUT2D eigenvalue weighted by molar-refractivity contribution is 5.88. The average molecular weight is 265 g/mol. The van der Waals surface area contributed by atoms with Gasteiger partial charge in [0.2, 0.25) is 5.91 Å². The van der Waals surface area contributed by atoms with Crippen molar-refractivity contribution in [3.63, 3.8) is 0 Å². The predicted molar refractivity (Wildman–Crippen MR) is 67.0 cm³/mol. The molecule has 0 aliphatic heterocycles. The van der Waals surface area contributed by atoms with Gasteiger partial charge in [-0.25, -0.2) is 4.39 Å². The van der Waals surface area contributed by atoms with Crippen LogP contribution in [0.3, 0.4) is 0 Å². The summed E-state index contributed by atoms with van der Waals surface area (Å²) in [7, 11) is 1.47. The molecule has 19 heavy (non-hydrogen) atoms. The molecule has 0 spiro atoms. The number of halogens is 1. The largest absolute Gasteiger partial charge is 0.480 e. The fraction of sp³-hybridized carbons (Fsp3) is 0.429. The van der Waals surface area contributed by atoms with Crippen LogP contribution in [0.4, 0.5) is 4.39 Å². The second-order valence-corrected chi connectivity index (χ2v) is 5.10. The quantitative estimate of drug-likeness (QED) is 0.881. The van der Waals surface area contributed by atoms with Crippen LogP contribution in [0.25, 0.3) is 0 Å². The zero-order valence-electron chi connectivity index (χ0n) is 10.7. The summed E-state index contributed by atoms with van der Waals surface area (Å²) in [5.74, 6) is -1.57. The lowest BCUT2D eigenvalue weighted by molar-refractivity contribution is -0.145. The van der Waals surface area contributed by atoms with Gasteiger partial charge in [-0.15, -0.1) is 0 Å². The van der Waals surface area contributed by atoms with Crippen molar-refractivity contribution in [2.24, 2.45) is 5.41 Å². The Balaban J connectivity index is 2.09. The summed E-state index contributed by atoms with van der Waals surface area (Å²) >= 11 is 0. The first-order valence-electron chi connectivity index (χ1n) is 6.15. The van der Waals surface area contributed by atoms with Crippen molar-refractivity contribution in [1.82, 2.24) is 4.90 Å². The number of carboxylic acids is 1. The van der Waals surface area contributed by atoms with Crippen LogP contribution in [0.1, 0.15) is 18.4 Å². The zero-order valence-corrected chi connectivity index (χ0v) is 10.7. The number of nitrogens with zero attached hydrogens (tertiary/aromatic N) is 1. The van der Waals surface area contributed by atoms with Crippen LogP contribution in [0.5, 0.6) is 0 Å². The van der Waals surface area contributed by atoms with E-state index in [1.54, 1.807) is 18.2 Å². The summed E-state index contributed by atoms with van der Waals surface area (Å²) in [5.41, 5.74) is -0.0936. The van der Waals surface area contributed by atoms with E-state index in [0.717, 1.165) is 0 Å². The van der Waals surface area contributed by atoms with Crippen LogP contribution in [0.2, 0.25) is 0 Å². The Morgan fingerprint density at radius 2 is 2.00 bits per heavy atom. The van der Waals surface area contributed by atoms with Gasteiger partial charge in [-0.1, -0.05) is 18.2 Å². The standard InChI is InChI=1S/C14H16FNO3/c1-16(9-12(17)18)13(19)14(6-7-14)8-10-4-2-3-5-11(10)15/h2-5H,6-9H2,1H3,(H,17,18). The summed E-state index contributed by atoms with van der Waals surface area (Å²) in [6.45, 7) is -0.322. The number of hydrogen-bond acceptors (Lipinski definition) is 2. The summed E-state index contributed by atoms with van der Waals surface area (Å²) in [4.78, 5) is 24.0. The lowest BCUT2D eigenvalue weighted by Crippen LogP contribution is -2.38. The second kappa shape index (κ2) is 4.99. The molecule has 0 radical (unpaired) electrons. The molecule has 0 saturated heterocycles. The van der Waals surface area contributed by atoms with E-state index >= 15 is 0 Å². The fourth-order valence-electron chi connectivity index (χ4n) is 2.30. The van der Waals surface area contributed by atoms with Gasteiger partial charge in [-0.05, 0) is 30.9 Å². The molecule has 1 aromatic rings. The minimum absolute atomic E-state index is 0.210. The van der Waals surface area contributed by atoms with E-state index in [4.69, 9.17) is 5.11 Å². The number of rotatable bonds is 5. The molecule has 0 atom stereocenters. The molecule has 1 aliphatic rings. The van der Waals surface area contributed by atoms with E-state index in [9.17, 15) is 14.0 Å². The van der Waals surface area contributed by atoms with Gasteiger partial charge in [-0.3, -0.25) is 9.59 Å².